The number of nitrogens with zero attached hydrogens (tertiary/aromatic N) is 5. The molecule has 35 heavy (non-hydrogen) atoms. The molecule has 5 rings (SSSR count). The molecule has 2 aromatic heterocycles. The SMILES string of the molecule is Cn1c(CN2CC3CC(C2)c2cccc(=O)n2C3)cc(=O)c(O)c1CN1CCN(S(C)(=O)=O)CC1. The van der Waals surface area contributed by atoms with E-state index in [0.717, 1.165) is 37.4 Å². The second-order valence-electron chi connectivity index (χ2n) is 10.2. The van der Waals surface area contributed by atoms with Gasteiger partial charge in [0, 0.05) is 95.4 Å². The van der Waals surface area contributed by atoms with Crippen LogP contribution >= 0.6 is 0 Å². The molecule has 11 heteroatoms. The maximum Gasteiger partial charge on any atom is 0.250 e. The lowest BCUT2D eigenvalue weighted by molar-refractivity contribution is 0.112. The molecule has 0 aromatic carbocycles. The average molecular weight is 504 g/mol. The first-order valence-corrected chi connectivity index (χ1v) is 14.0. The number of aromatic hydroxyl groups is 1. The number of fused-ring (bicyclic) bond motifs is 4. The Morgan fingerprint density at radius 2 is 1.74 bits per heavy atom. The Kier molecular flexibility index (Phi) is 6.37. The molecular formula is C24H33N5O5S. The molecule has 190 valence electrons. The van der Waals surface area contributed by atoms with E-state index in [-0.39, 0.29) is 17.2 Å². The Bertz CT molecular complexity index is 1340. The van der Waals surface area contributed by atoms with Crippen LogP contribution < -0.4 is 11.0 Å². The number of aromatic nitrogens is 2. The van der Waals surface area contributed by atoms with Gasteiger partial charge in [-0.3, -0.25) is 19.4 Å². The van der Waals surface area contributed by atoms with Crippen molar-refractivity contribution < 1.29 is 13.5 Å². The van der Waals surface area contributed by atoms with E-state index in [1.54, 1.807) is 6.07 Å². The van der Waals surface area contributed by atoms with Gasteiger partial charge >= 0.3 is 0 Å². The van der Waals surface area contributed by atoms with Gasteiger partial charge in [0.15, 0.2) is 5.75 Å². The van der Waals surface area contributed by atoms with Gasteiger partial charge in [0.1, 0.15) is 0 Å². The summed E-state index contributed by atoms with van der Waals surface area (Å²) in [4.78, 5) is 29.4. The number of rotatable bonds is 5. The fraction of sp³-hybridized carbons (Fsp3) is 0.583. The minimum Gasteiger partial charge on any atom is -0.503 e. The van der Waals surface area contributed by atoms with Gasteiger partial charge < -0.3 is 14.2 Å². The second kappa shape index (κ2) is 9.20. The number of pyridine rings is 2. The topological polar surface area (TPSA) is 108 Å². The molecule has 2 unspecified atom stereocenters. The molecule has 0 radical (unpaired) electrons. The number of piperazine rings is 1. The Balaban J connectivity index is 1.33. The van der Waals surface area contributed by atoms with Crippen molar-refractivity contribution in [1.82, 2.24) is 23.2 Å². The third-order valence-corrected chi connectivity index (χ3v) is 9.06. The predicted molar refractivity (Wildman–Crippen MR) is 132 cm³/mol. The van der Waals surface area contributed by atoms with Crippen LogP contribution in [0, 0.1) is 5.92 Å². The van der Waals surface area contributed by atoms with Crippen LogP contribution in [0.1, 0.15) is 29.4 Å². The van der Waals surface area contributed by atoms with Crippen LogP contribution in [-0.2, 0) is 36.7 Å². The standard InChI is InChI=1S/C24H33N5O5S/c1-25-19(15-27-12-17-10-18(14-27)20-4-3-5-23(31)29(20)13-17)11-22(30)24(32)21(25)16-26-6-8-28(9-7-26)35(2,33)34/h3-5,11,17-18,32H,6-10,12-16H2,1-2H3. The first kappa shape index (κ1) is 24.2. The zero-order chi connectivity index (χ0) is 24.9. The number of likely N-dealkylation sites (tertiary alicyclic amines) is 1. The lowest BCUT2D eigenvalue weighted by atomic mass is 9.83. The van der Waals surface area contributed by atoms with Gasteiger partial charge in [0.05, 0.1) is 11.9 Å². The van der Waals surface area contributed by atoms with E-state index >= 15 is 0 Å². The molecule has 2 saturated heterocycles. The van der Waals surface area contributed by atoms with Crippen LogP contribution in [0.4, 0.5) is 0 Å². The molecule has 3 aliphatic heterocycles. The molecule has 1 N–H and O–H groups in total. The highest BCUT2D eigenvalue weighted by Crippen LogP contribution is 2.35. The van der Waals surface area contributed by atoms with Crippen molar-refractivity contribution in [3.05, 3.63) is 61.9 Å². The van der Waals surface area contributed by atoms with Gasteiger partial charge in [-0.05, 0) is 18.4 Å². The summed E-state index contributed by atoms with van der Waals surface area (Å²) >= 11 is 0. The lowest BCUT2D eigenvalue weighted by Gasteiger charge is -2.43. The van der Waals surface area contributed by atoms with Crippen LogP contribution in [0.25, 0.3) is 0 Å². The van der Waals surface area contributed by atoms with E-state index in [4.69, 9.17) is 0 Å². The van der Waals surface area contributed by atoms with Gasteiger partial charge in [0.2, 0.25) is 15.5 Å². The normalized spacial score (nSPS) is 23.8. The lowest BCUT2D eigenvalue weighted by Crippen LogP contribution is -2.48. The molecule has 2 aromatic rings. The van der Waals surface area contributed by atoms with Gasteiger partial charge in [-0.1, -0.05) is 6.07 Å². The van der Waals surface area contributed by atoms with Gasteiger partial charge in [-0.25, -0.2) is 8.42 Å². The van der Waals surface area contributed by atoms with Gasteiger partial charge in [-0.15, -0.1) is 0 Å². The van der Waals surface area contributed by atoms with E-state index in [9.17, 15) is 23.1 Å². The highest BCUT2D eigenvalue weighted by molar-refractivity contribution is 7.88. The monoisotopic (exact) mass is 503 g/mol. The maximum absolute atomic E-state index is 12.7. The summed E-state index contributed by atoms with van der Waals surface area (Å²) in [6.45, 7) is 5.24. The highest BCUT2D eigenvalue weighted by atomic mass is 32.2. The fourth-order valence-electron chi connectivity index (χ4n) is 5.91. The van der Waals surface area contributed by atoms with Crippen LogP contribution in [0.5, 0.6) is 5.75 Å². The smallest absolute Gasteiger partial charge is 0.250 e. The van der Waals surface area contributed by atoms with Crippen molar-refractivity contribution >= 4 is 10.0 Å². The summed E-state index contributed by atoms with van der Waals surface area (Å²) in [5.74, 6) is 0.433. The third-order valence-electron chi connectivity index (χ3n) is 7.75. The molecule has 5 heterocycles. The van der Waals surface area contributed by atoms with Crippen molar-refractivity contribution in [3.63, 3.8) is 0 Å². The summed E-state index contributed by atoms with van der Waals surface area (Å²) in [5, 5.41) is 10.6. The Hall–Kier alpha value is -2.47. The largest absolute Gasteiger partial charge is 0.503 e. The molecule has 2 bridgehead atoms. The maximum atomic E-state index is 12.7. The van der Waals surface area contributed by atoms with Crippen LogP contribution in [0.2, 0.25) is 0 Å². The van der Waals surface area contributed by atoms with Crippen molar-refractivity contribution in [2.75, 3.05) is 45.5 Å². The quantitative estimate of drug-likeness (QED) is 0.610. The van der Waals surface area contributed by atoms with E-state index in [2.05, 4.69) is 9.80 Å². The van der Waals surface area contributed by atoms with Crippen LogP contribution in [-0.4, -0.2) is 82.3 Å². The van der Waals surface area contributed by atoms with Crippen molar-refractivity contribution in [3.8, 4) is 5.75 Å². The summed E-state index contributed by atoms with van der Waals surface area (Å²) in [5.41, 5.74) is 2.15. The van der Waals surface area contributed by atoms with Gasteiger partial charge in [-0.2, -0.15) is 4.31 Å². The number of sulfonamides is 1. The van der Waals surface area contributed by atoms with Crippen molar-refractivity contribution in [2.24, 2.45) is 13.0 Å². The highest BCUT2D eigenvalue weighted by Gasteiger charge is 2.35. The Labute approximate surface area is 205 Å². The molecular weight excluding hydrogens is 470 g/mol. The van der Waals surface area contributed by atoms with Gasteiger partial charge in [0.25, 0.3) is 5.56 Å². The number of piperidine rings is 1. The molecule has 2 fully saturated rings. The van der Waals surface area contributed by atoms with Crippen LogP contribution in [0.15, 0.2) is 33.9 Å². The number of hydrogen-bond donors (Lipinski definition) is 1. The summed E-state index contributed by atoms with van der Waals surface area (Å²) in [6, 6.07) is 7.02. The van der Waals surface area contributed by atoms with E-state index in [0.29, 0.717) is 50.9 Å². The van der Waals surface area contributed by atoms with Crippen molar-refractivity contribution in [2.45, 2.75) is 32.0 Å². The summed E-state index contributed by atoms with van der Waals surface area (Å²) in [6.07, 6.45) is 2.28. The molecule has 0 amide bonds. The predicted octanol–water partition coefficient (Wildman–Crippen LogP) is -0.0509. The third kappa shape index (κ3) is 4.82. The van der Waals surface area contributed by atoms with E-state index in [1.165, 1.54) is 16.6 Å². The first-order valence-electron chi connectivity index (χ1n) is 12.1. The molecule has 2 atom stereocenters. The Morgan fingerprint density at radius 1 is 1.00 bits per heavy atom. The zero-order valence-electron chi connectivity index (χ0n) is 20.3. The Morgan fingerprint density at radius 3 is 2.46 bits per heavy atom. The summed E-state index contributed by atoms with van der Waals surface area (Å²) < 4.78 is 28.9. The molecule has 10 nitrogen and oxygen atoms in total. The molecule has 0 saturated carbocycles. The first-order chi connectivity index (χ1) is 16.6. The number of hydrogen-bond acceptors (Lipinski definition) is 7. The van der Waals surface area contributed by atoms with E-state index in [1.807, 2.05) is 28.3 Å². The fourth-order valence-corrected chi connectivity index (χ4v) is 6.74. The van der Waals surface area contributed by atoms with E-state index < -0.39 is 15.5 Å². The summed E-state index contributed by atoms with van der Waals surface area (Å²) in [7, 11) is -1.35. The second-order valence-corrected chi connectivity index (χ2v) is 12.2. The average Bonchev–Trinajstić information content (AvgIpc) is 2.81. The molecule has 0 aliphatic carbocycles. The minimum absolute atomic E-state index is 0.0635. The van der Waals surface area contributed by atoms with Crippen LogP contribution in [0.3, 0.4) is 0 Å². The molecule has 3 aliphatic rings. The molecule has 0 spiro atoms. The van der Waals surface area contributed by atoms with Crippen molar-refractivity contribution in [1.29, 1.82) is 0 Å². The minimum atomic E-state index is -3.22. The zero-order valence-corrected chi connectivity index (χ0v) is 21.1.